The Morgan fingerprint density at radius 3 is 2.11 bits per heavy atom. The Kier molecular flexibility index (Phi) is 5.82. The minimum absolute atomic E-state index is 0.0765. The van der Waals surface area contributed by atoms with Gasteiger partial charge in [-0.05, 0) is 37.5 Å². The minimum Gasteiger partial charge on any atom is -0.299 e. The summed E-state index contributed by atoms with van der Waals surface area (Å²) in [6.07, 6.45) is 0.886. The van der Waals surface area contributed by atoms with E-state index in [9.17, 15) is 13.2 Å². The molecule has 0 saturated carbocycles. The number of sulfonamides is 1. The molecule has 6 nitrogen and oxygen atoms in total. The van der Waals surface area contributed by atoms with Crippen LogP contribution in [0.4, 0.5) is 5.69 Å². The second-order valence-corrected chi connectivity index (χ2v) is 8.95. The van der Waals surface area contributed by atoms with Gasteiger partial charge in [0.1, 0.15) is 0 Å². The first-order valence-corrected chi connectivity index (χ1v) is 10.7. The highest BCUT2D eigenvalue weighted by Crippen LogP contribution is 2.36. The molecule has 1 fully saturated rings. The van der Waals surface area contributed by atoms with Crippen LogP contribution >= 0.6 is 0 Å². The maximum atomic E-state index is 13.2. The molecule has 144 valence electrons. The lowest BCUT2D eigenvalue weighted by atomic mass is 9.72. The SMILES string of the molecule is CCS(=O)(=O)N1CCC(C(=O)NNc2ccccc2)(c2ccccc2)CC1. The Labute approximate surface area is 160 Å². The quantitative estimate of drug-likeness (QED) is 0.747. The fourth-order valence-electron chi connectivity index (χ4n) is 3.50. The van der Waals surface area contributed by atoms with Gasteiger partial charge in [0.2, 0.25) is 15.9 Å². The van der Waals surface area contributed by atoms with Crippen molar-refractivity contribution in [3.8, 4) is 0 Å². The van der Waals surface area contributed by atoms with Crippen LogP contribution in [0.25, 0.3) is 0 Å². The van der Waals surface area contributed by atoms with Gasteiger partial charge in [-0.3, -0.25) is 15.6 Å². The average molecular weight is 388 g/mol. The summed E-state index contributed by atoms with van der Waals surface area (Å²) in [5.41, 5.74) is 6.71. The van der Waals surface area contributed by atoms with Crippen molar-refractivity contribution in [3.05, 3.63) is 66.2 Å². The molecule has 2 N–H and O–H groups in total. The number of rotatable bonds is 6. The van der Waals surface area contributed by atoms with Gasteiger partial charge in [0, 0.05) is 13.1 Å². The van der Waals surface area contributed by atoms with Crippen molar-refractivity contribution in [2.24, 2.45) is 0 Å². The van der Waals surface area contributed by atoms with Gasteiger partial charge >= 0.3 is 0 Å². The third-order valence-electron chi connectivity index (χ3n) is 5.19. The molecule has 0 atom stereocenters. The Morgan fingerprint density at radius 2 is 1.56 bits per heavy atom. The highest BCUT2D eigenvalue weighted by Gasteiger charge is 2.44. The molecule has 1 aliphatic heterocycles. The molecule has 0 aromatic heterocycles. The van der Waals surface area contributed by atoms with Gasteiger partial charge in [-0.2, -0.15) is 0 Å². The van der Waals surface area contributed by atoms with E-state index in [-0.39, 0.29) is 11.7 Å². The molecule has 1 heterocycles. The summed E-state index contributed by atoms with van der Waals surface area (Å²) in [6, 6.07) is 19.0. The topological polar surface area (TPSA) is 78.5 Å². The molecule has 0 radical (unpaired) electrons. The van der Waals surface area contributed by atoms with Gasteiger partial charge in [0.15, 0.2) is 0 Å². The highest BCUT2D eigenvalue weighted by atomic mass is 32.2. The Balaban J connectivity index is 1.81. The standard InChI is InChI=1S/C20H25N3O3S/c1-2-27(25,26)23-15-13-20(14-16-23,17-9-5-3-6-10-17)19(24)22-21-18-11-7-4-8-12-18/h3-12,21H,2,13-16H2,1H3,(H,22,24). The summed E-state index contributed by atoms with van der Waals surface area (Å²) in [5.74, 6) is -0.0706. The lowest BCUT2D eigenvalue weighted by Crippen LogP contribution is -2.54. The predicted molar refractivity (Wildman–Crippen MR) is 107 cm³/mol. The van der Waals surface area contributed by atoms with E-state index in [4.69, 9.17) is 0 Å². The van der Waals surface area contributed by atoms with Crippen LogP contribution < -0.4 is 10.9 Å². The van der Waals surface area contributed by atoms with Gasteiger partial charge in [-0.1, -0.05) is 48.5 Å². The second kappa shape index (κ2) is 8.10. The molecule has 0 unspecified atom stereocenters. The summed E-state index contributed by atoms with van der Waals surface area (Å²) < 4.78 is 25.9. The van der Waals surface area contributed by atoms with E-state index in [0.717, 1.165) is 11.3 Å². The van der Waals surface area contributed by atoms with Crippen molar-refractivity contribution in [1.29, 1.82) is 0 Å². The van der Waals surface area contributed by atoms with Gasteiger partial charge in [0.25, 0.3) is 0 Å². The number of nitrogens with zero attached hydrogens (tertiary/aromatic N) is 1. The van der Waals surface area contributed by atoms with Crippen LogP contribution in [-0.2, 0) is 20.2 Å². The molecule has 27 heavy (non-hydrogen) atoms. The molecular formula is C20H25N3O3S. The lowest BCUT2D eigenvalue weighted by Gasteiger charge is -2.40. The molecular weight excluding hydrogens is 362 g/mol. The first-order chi connectivity index (χ1) is 13.0. The Hall–Kier alpha value is -2.38. The maximum Gasteiger partial charge on any atom is 0.249 e. The minimum atomic E-state index is -3.25. The number of anilines is 1. The summed E-state index contributed by atoms with van der Waals surface area (Å²) >= 11 is 0. The predicted octanol–water partition coefficient (Wildman–Crippen LogP) is 2.51. The number of hydrogen-bond donors (Lipinski definition) is 2. The van der Waals surface area contributed by atoms with Gasteiger partial charge < -0.3 is 0 Å². The van der Waals surface area contributed by atoms with Crippen LogP contribution in [0.3, 0.4) is 0 Å². The number of nitrogens with one attached hydrogen (secondary N) is 2. The fraction of sp³-hybridized carbons (Fsp3) is 0.350. The number of carbonyl (C=O) groups is 1. The number of carbonyl (C=O) groups excluding carboxylic acids is 1. The third kappa shape index (κ3) is 4.14. The van der Waals surface area contributed by atoms with Crippen LogP contribution in [0.5, 0.6) is 0 Å². The van der Waals surface area contributed by atoms with E-state index in [1.54, 1.807) is 6.92 Å². The van der Waals surface area contributed by atoms with Crippen molar-refractivity contribution in [2.75, 3.05) is 24.3 Å². The zero-order valence-corrected chi connectivity index (χ0v) is 16.2. The smallest absolute Gasteiger partial charge is 0.249 e. The van der Waals surface area contributed by atoms with Gasteiger partial charge in [-0.25, -0.2) is 12.7 Å². The molecule has 0 bridgehead atoms. The fourth-order valence-corrected chi connectivity index (χ4v) is 4.61. The molecule has 1 saturated heterocycles. The van der Waals surface area contributed by atoms with E-state index in [2.05, 4.69) is 10.9 Å². The van der Waals surface area contributed by atoms with Gasteiger partial charge in [0.05, 0.1) is 16.9 Å². The molecule has 3 rings (SSSR count). The number of hydrazine groups is 1. The van der Waals surface area contributed by atoms with Crippen LogP contribution in [-0.4, -0.2) is 37.5 Å². The molecule has 0 aliphatic carbocycles. The van der Waals surface area contributed by atoms with Crippen molar-refractivity contribution in [3.63, 3.8) is 0 Å². The first kappa shape index (κ1) is 19.4. The van der Waals surface area contributed by atoms with E-state index in [1.165, 1.54) is 4.31 Å². The largest absolute Gasteiger partial charge is 0.299 e. The number of amides is 1. The molecule has 0 spiro atoms. The zero-order valence-electron chi connectivity index (χ0n) is 15.4. The average Bonchev–Trinajstić information content (AvgIpc) is 2.73. The van der Waals surface area contributed by atoms with Crippen LogP contribution in [0.15, 0.2) is 60.7 Å². The molecule has 2 aromatic rings. The number of para-hydroxylation sites is 1. The molecule has 2 aromatic carbocycles. The lowest BCUT2D eigenvalue weighted by molar-refractivity contribution is -0.127. The summed E-state index contributed by atoms with van der Waals surface area (Å²) in [7, 11) is -3.25. The first-order valence-electron chi connectivity index (χ1n) is 9.13. The van der Waals surface area contributed by atoms with Crippen LogP contribution in [0.1, 0.15) is 25.3 Å². The van der Waals surface area contributed by atoms with Crippen LogP contribution in [0, 0.1) is 0 Å². The summed E-state index contributed by atoms with van der Waals surface area (Å²) in [5, 5.41) is 0. The summed E-state index contributed by atoms with van der Waals surface area (Å²) in [4.78, 5) is 13.2. The summed E-state index contributed by atoms with van der Waals surface area (Å²) in [6.45, 7) is 2.32. The second-order valence-electron chi connectivity index (χ2n) is 6.69. The molecule has 1 amide bonds. The number of hydrogen-bond acceptors (Lipinski definition) is 4. The van der Waals surface area contributed by atoms with Crippen molar-refractivity contribution in [1.82, 2.24) is 9.73 Å². The van der Waals surface area contributed by atoms with E-state index in [0.29, 0.717) is 25.9 Å². The number of piperidine rings is 1. The maximum absolute atomic E-state index is 13.2. The van der Waals surface area contributed by atoms with Crippen LogP contribution in [0.2, 0.25) is 0 Å². The van der Waals surface area contributed by atoms with E-state index in [1.807, 2.05) is 60.7 Å². The molecule has 7 heteroatoms. The van der Waals surface area contributed by atoms with Crippen molar-refractivity contribution in [2.45, 2.75) is 25.2 Å². The normalized spacial score (nSPS) is 17.2. The van der Waals surface area contributed by atoms with Crippen molar-refractivity contribution >= 4 is 21.6 Å². The molecule has 1 aliphatic rings. The third-order valence-corrected chi connectivity index (χ3v) is 7.07. The Bertz CT molecular complexity index is 862. The zero-order chi connectivity index (χ0) is 19.3. The number of benzene rings is 2. The van der Waals surface area contributed by atoms with Gasteiger partial charge in [-0.15, -0.1) is 0 Å². The monoisotopic (exact) mass is 387 g/mol. The Morgan fingerprint density at radius 1 is 1.00 bits per heavy atom. The highest BCUT2D eigenvalue weighted by molar-refractivity contribution is 7.89. The van der Waals surface area contributed by atoms with Crippen molar-refractivity contribution < 1.29 is 13.2 Å². The van der Waals surface area contributed by atoms with E-state index < -0.39 is 15.4 Å². The van der Waals surface area contributed by atoms with E-state index >= 15 is 0 Å².